The van der Waals surface area contributed by atoms with Crippen LogP contribution in [0.25, 0.3) is 10.8 Å². The van der Waals surface area contributed by atoms with Crippen LogP contribution in [0, 0.1) is 0 Å². The zero-order valence-electron chi connectivity index (χ0n) is 7.93. The molecule has 1 N–H and O–H groups in total. The summed E-state index contributed by atoms with van der Waals surface area (Å²) in [6, 6.07) is 10.8. The average molecular weight is 201 g/mol. The van der Waals surface area contributed by atoms with Crippen LogP contribution in [0.1, 0.15) is 5.56 Å². The average Bonchev–Trinajstić information content (AvgIpc) is 2.26. The van der Waals surface area contributed by atoms with Gasteiger partial charge in [-0.3, -0.25) is 0 Å². The van der Waals surface area contributed by atoms with Crippen molar-refractivity contribution in [2.75, 3.05) is 0 Å². The maximum atomic E-state index is 9.91. The minimum Gasteiger partial charge on any atom is -0.508 e. The lowest BCUT2D eigenvalue weighted by Crippen LogP contribution is -1.89. The Morgan fingerprint density at radius 3 is 2.67 bits per heavy atom. The van der Waals surface area contributed by atoms with Crippen LogP contribution >= 0.6 is 0 Å². The van der Waals surface area contributed by atoms with Gasteiger partial charge in [-0.15, -0.1) is 0 Å². The Morgan fingerprint density at radius 1 is 1.13 bits per heavy atom. The van der Waals surface area contributed by atoms with Crippen molar-refractivity contribution in [2.45, 2.75) is 6.61 Å². The van der Waals surface area contributed by atoms with Gasteiger partial charge in [0.25, 0.3) is 0 Å². The number of rotatable bonds is 3. The van der Waals surface area contributed by atoms with Gasteiger partial charge < -0.3 is 9.84 Å². The lowest BCUT2D eigenvalue weighted by molar-refractivity contribution is 0.267. The predicted molar refractivity (Wildman–Crippen MR) is 56.1 cm³/mol. The first-order valence-corrected chi connectivity index (χ1v) is 4.50. The van der Waals surface area contributed by atoms with Crippen LogP contribution in [-0.2, 0) is 16.1 Å². The van der Waals surface area contributed by atoms with E-state index in [4.69, 9.17) is 0 Å². The summed E-state index contributed by atoms with van der Waals surface area (Å²) in [7, 11) is 0. The number of carbonyl (C=O) groups excluding carboxylic acids is 1. The van der Waals surface area contributed by atoms with Gasteiger partial charge in [0.15, 0.2) is 0 Å². The van der Waals surface area contributed by atoms with Crippen LogP contribution < -0.4 is 0 Å². The van der Waals surface area contributed by atoms with Crippen molar-refractivity contribution in [1.82, 2.24) is 0 Å². The highest BCUT2D eigenvalue weighted by Gasteiger charge is 1.98. The van der Waals surface area contributed by atoms with E-state index in [1.165, 1.54) is 6.47 Å². The van der Waals surface area contributed by atoms with Gasteiger partial charge in [0, 0.05) is 0 Å². The Labute approximate surface area is 86.9 Å². The molecule has 0 aromatic heterocycles. The molecule has 0 heterocycles. The quantitative estimate of drug-likeness (QED) is 0.827. The highest BCUT2D eigenvalue weighted by atomic mass is 16.5. The van der Waals surface area contributed by atoms with E-state index in [9.17, 15) is 9.90 Å². The summed E-state index contributed by atoms with van der Waals surface area (Å²) < 4.78 is 4.54. The monoisotopic (exact) mass is 201 g/mol. The Hall–Kier alpha value is -2.03. The molecule has 0 amide bonds. The molecule has 0 unspecified atom stereocenters. The largest absolute Gasteiger partial charge is 0.508 e. The standard InChI is InChI=1S/C12H9O3/c13-8-15-7-9-1-2-11-6-12(14)4-3-10(11)5-9/h1-6,14H,7H2. The molecule has 15 heavy (non-hydrogen) atoms. The zero-order valence-corrected chi connectivity index (χ0v) is 7.93. The van der Waals surface area contributed by atoms with Gasteiger partial charge in [0.1, 0.15) is 12.4 Å². The first-order valence-electron chi connectivity index (χ1n) is 4.50. The van der Waals surface area contributed by atoms with E-state index in [0.29, 0.717) is 0 Å². The number of ether oxygens (including phenoxy) is 1. The summed E-state index contributed by atoms with van der Waals surface area (Å²) in [4.78, 5) is 9.91. The Kier molecular flexibility index (Phi) is 2.54. The van der Waals surface area contributed by atoms with E-state index in [0.717, 1.165) is 16.3 Å². The van der Waals surface area contributed by atoms with Crippen LogP contribution in [0.4, 0.5) is 0 Å². The third kappa shape index (κ3) is 2.07. The molecule has 0 aliphatic rings. The van der Waals surface area contributed by atoms with E-state index < -0.39 is 0 Å². The fraction of sp³-hybridized carbons (Fsp3) is 0.0833. The van der Waals surface area contributed by atoms with E-state index in [-0.39, 0.29) is 12.4 Å². The molecule has 0 aliphatic carbocycles. The molecule has 0 spiro atoms. The summed E-state index contributed by atoms with van der Waals surface area (Å²) >= 11 is 0. The maximum absolute atomic E-state index is 9.91. The van der Waals surface area contributed by atoms with Crippen LogP contribution in [0.3, 0.4) is 0 Å². The molecule has 0 bridgehead atoms. The fourth-order valence-corrected chi connectivity index (χ4v) is 1.49. The summed E-state index contributed by atoms with van der Waals surface area (Å²) in [5.74, 6) is 0.243. The SMILES string of the molecule is O=[C]OCc1ccc2cc(O)ccc2c1. The lowest BCUT2D eigenvalue weighted by atomic mass is 10.1. The van der Waals surface area contributed by atoms with Gasteiger partial charge in [-0.25, -0.2) is 4.79 Å². The number of aromatic hydroxyl groups is 1. The smallest absolute Gasteiger partial charge is 0.417 e. The minimum absolute atomic E-state index is 0.223. The second-order valence-corrected chi connectivity index (χ2v) is 3.24. The van der Waals surface area contributed by atoms with Crippen molar-refractivity contribution in [2.24, 2.45) is 0 Å². The van der Waals surface area contributed by atoms with Gasteiger partial charge in [-0.05, 0) is 34.5 Å². The van der Waals surface area contributed by atoms with Crippen molar-refractivity contribution in [3.05, 3.63) is 42.0 Å². The van der Waals surface area contributed by atoms with E-state index in [1.807, 2.05) is 24.3 Å². The minimum atomic E-state index is 0.223. The molecule has 1 radical (unpaired) electrons. The molecule has 0 saturated heterocycles. The molecule has 0 saturated carbocycles. The van der Waals surface area contributed by atoms with Crippen LogP contribution in [0.5, 0.6) is 5.75 Å². The molecule has 2 rings (SSSR count). The third-order valence-electron chi connectivity index (χ3n) is 2.19. The summed E-state index contributed by atoms with van der Waals surface area (Å²) in [6.07, 6.45) is 0. The van der Waals surface area contributed by atoms with E-state index in [2.05, 4.69) is 4.74 Å². The predicted octanol–water partition coefficient (Wildman–Crippen LogP) is 2.13. The number of fused-ring (bicyclic) bond motifs is 1. The molecule has 2 aromatic rings. The summed E-state index contributed by atoms with van der Waals surface area (Å²) in [5, 5.41) is 11.2. The van der Waals surface area contributed by atoms with Crippen molar-refractivity contribution >= 4 is 17.2 Å². The molecular formula is C12H9O3. The Morgan fingerprint density at radius 2 is 1.87 bits per heavy atom. The number of phenolic OH excluding ortho intramolecular Hbond substituents is 1. The molecule has 3 nitrogen and oxygen atoms in total. The second kappa shape index (κ2) is 4.00. The molecule has 0 fully saturated rings. The van der Waals surface area contributed by atoms with Crippen LogP contribution in [-0.4, -0.2) is 11.6 Å². The maximum Gasteiger partial charge on any atom is 0.417 e. The third-order valence-corrected chi connectivity index (χ3v) is 2.19. The Bertz CT molecular complexity index is 491. The Balaban J connectivity index is 2.38. The molecular weight excluding hydrogens is 192 g/mol. The van der Waals surface area contributed by atoms with E-state index >= 15 is 0 Å². The van der Waals surface area contributed by atoms with Crippen LogP contribution in [0.2, 0.25) is 0 Å². The van der Waals surface area contributed by atoms with Gasteiger partial charge in [0.2, 0.25) is 0 Å². The van der Waals surface area contributed by atoms with Gasteiger partial charge in [0.05, 0.1) is 0 Å². The van der Waals surface area contributed by atoms with Gasteiger partial charge in [-0.1, -0.05) is 18.2 Å². The van der Waals surface area contributed by atoms with Crippen molar-refractivity contribution < 1.29 is 14.6 Å². The second-order valence-electron chi connectivity index (χ2n) is 3.24. The topological polar surface area (TPSA) is 46.5 Å². The molecule has 0 atom stereocenters. The number of phenols is 1. The van der Waals surface area contributed by atoms with Crippen molar-refractivity contribution in [1.29, 1.82) is 0 Å². The normalized spacial score (nSPS) is 10.1. The number of hydrogen-bond donors (Lipinski definition) is 1. The highest BCUT2D eigenvalue weighted by molar-refractivity contribution is 5.84. The van der Waals surface area contributed by atoms with Crippen molar-refractivity contribution in [3.63, 3.8) is 0 Å². The molecule has 2 aromatic carbocycles. The van der Waals surface area contributed by atoms with Gasteiger partial charge in [-0.2, -0.15) is 0 Å². The zero-order chi connectivity index (χ0) is 10.7. The summed E-state index contributed by atoms with van der Waals surface area (Å²) in [6.45, 7) is 1.61. The first kappa shape index (κ1) is 9.52. The molecule has 3 heteroatoms. The van der Waals surface area contributed by atoms with E-state index in [1.54, 1.807) is 12.1 Å². The number of benzene rings is 2. The van der Waals surface area contributed by atoms with Crippen LogP contribution in [0.15, 0.2) is 36.4 Å². The molecule has 0 aliphatic heterocycles. The lowest BCUT2D eigenvalue weighted by Gasteiger charge is -2.02. The van der Waals surface area contributed by atoms with Gasteiger partial charge >= 0.3 is 6.47 Å². The first-order chi connectivity index (χ1) is 7.29. The highest BCUT2D eigenvalue weighted by Crippen LogP contribution is 2.21. The number of hydrogen-bond acceptors (Lipinski definition) is 3. The fourth-order valence-electron chi connectivity index (χ4n) is 1.49. The summed E-state index contributed by atoms with van der Waals surface area (Å²) in [5.41, 5.74) is 0.900. The van der Waals surface area contributed by atoms with Crippen molar-refractivity contribution in [3.8, 4) is 5.75 Å². The molecule has 75 valence electrons.